The van der Waals surface area contributed by atoms with Crippen molar-refractivity contribution in [2.45, 2.75) is 39.3 Å². The van der Waals surface area contributed by atoms with Crippen LogP contribution in [0, 0.1) is 13.8 Å². The average Bonchev–Trinajstić information content (AvgIpc) is 2.63. The summed E-state index contributed by atoms with van der Waals surface area (Å²) in [6.45, 7) is 4.86. The monoisotopic (exact) mass is 365 g/mol. The topological polar surface area (TPSA) is 88.1 Å². The van der Waals surface area contributed by atoms with E-state index in [2.05, 4.69) is 20.3 Å². The fourth-order valence-corrected chi connectivity index (χ4v) is 3.08. The Bertz CT molecular complexity index is 865. The molecule has 1 aliphatic rings. The van der Waals surface area contributed by atoms with E-state index >= 15 is 0 Å². The number of pyridine rings is 1. The molecule has 7 nitrogen and oxygen atoms in total. The van der Waals surface area contributed by atoms with E-state index in [1.54, 1.807) is 35.6 Å². The molecule has 27 heavy (non-hydrogen) atoms. The van der Waals surface area contributed by atoms with Gasteiger partial charge in [0.25, 0.3) is 0 Å². The molecule has 1 saturated heterocycles. The Hall–Kier alpha value is -3.09. The molecule has 1 fully saturated rings. The molecule has 0 spiro atoms. The fraction of sp³-hybridized carbons (Fsp3) is 0.350. The fourth-order valence-electron chi connectivity index (χ4n) is 3.08. The Balaban J connectivity index is 1.59. The number of rotatable bonds is 5. The Kier molecular flexibility index (Phi) is 5.90. The first-order valence-corrected chi connectivity index (χ1v) is 8.99. The lowest BCUT2D eigenvalue weighted by Gasteiger charge is -2.32. The Morgan fingerprint density at radius 1 is 1.37 bits per heavy atom. The van der Waals surface area contributed by atoms with Gasteiger partial charge in [-0.15, -0.1) is 0 Å². The van der Waals surface area contributed by atoms with Crippen LogP contribution in [0.2, 0.25) is 0 Å². The third-order valence-corrected chi connectivity index (χ3v) is 4.36. The number of piperidine rings is 1. The summed E-state index contributed by atoms with van der Waals surface area (Å²) < 4.78 is 0. The maximum Gasteiger partial charge on any atom is 0.245 e. The largest absolute Gasteiger partial charge is 0.341 e. The number of nitrogens with one attached hydrogen (secondary N) is 1. The van der Waals surface area contributed by atoms with E-state index in [1.165, 1.54) is 6.08 Å². The summed E-state index contributed by atoms with van der Waals surface area (Å²) in [5.41, 5.74) is 2.67. The van der Waals surface area contributed by atoms with Gasteiger partial charge in [-0.2, -0.15) is 0 Å². The van der Waals surface area contributed by atoms with Gasteiger partial charge in [0.2, 0.25) is 11.8 Å². The minimum absolute atomic E-state index is 0.0727. The zero-order valence-corrected chi connectivity index (χ0v) is 15.6. The standard InChI is InChI=1S/C20H23N5O2/c1-14-10-16(12-21-11-14)5-6-19(26)24-18-4-3-9-25(20(18)27)13-17-7-8-22-15(2)23-17/h5-8,10-12,18H,3-4,9,13H2,1-2H3,(H,24,26)/b6-5+. The summed E-state index contributed by atoms with van der Waals surface area (Å²) in [5.74, 6) is 0.323. The molecule has 1 atom stereocenters. The molecule has 1 N–H and O–H groups in total. The number of carbonyl (C=O) groups is 2. The van der Waals surface area contributed by atoms with Gasteiger partial charge in [0, 0.05) is 31.2 Å². The number of carbonyl (C=O) groups excluding carboxylic acids is 2. The van der Waals surface area contributed by atoms with Gasteiger partial charge in [0.15, 0.2) is 0 Å². The first-order chi connectivity index (χ1) is 13.0. The van der Waals surface area contributed by atoms with Crippen LogP contribution in [0.15, 0.2) is 36.8 Å². The summed E-state index contributed by atoms with van der Waals surface area (Å²) in [6, 6.07) is 3.24. The molecule has 0 bridgehead atoms. The zero-order valence-electron chi connectivity index (χ0n) is 15.6. The third-order valence-electron chi connectivity index (χ3n) is 4.36. The van der Waals surface area contributed by atoms with Crippen molar-refractivity contribution in [3.63, 3.8) is 0 Å². The van der Waals surface area contributed by atoms with E-state index in [1.807, 2.05) is 19.9 Å². The predicted octanol–water partition coefficient (Wildman–Crippen LogP) is 1.81. The average molecular weight is 365 g/mol. The molecular weight excluding hydrogens is 342 g/mol. The molecule has 2 aromatic heterocycles. The predicted molar refractivity (Wildman–Crippen MR) is 101 cm³/mol. The second-order valence-electron chi connectivity index (χ2n) is 6.69. The van der Waals surface area contributed by atoms with E-state index in [0.29, 0.717) is 25.3 Å². The van der Waals surface area contributed by atoms with Gasteiger partial charge in [0.1, 0.15) is 11.9 Å². The molecule has 0 aliphatic carbocycles. The molecule has 2 aromatic rings. The van der Waals surface area contributed by atoms with Crippen molar-refractivity contribution in [1.29, 1.82) is 0 Å². The van der Waals surface area contributed by atoms with Gasteiger partial charge >= 0.3 is 0 Å². The Morgan fingerprint density at radius 2 is 2.22 bits per heavy atom. The lowest BCUT2D eigenvalue weighted by molar-refractivity contribution is -0.138. The highest BCUT2D eigenvalue weighted by Gasteiger charge is 2.29. The van der Waals surface area contributed by atoms with E-state index in [-0.39, 0.29) is 11.8 Å². The number of hydrogen-bond acceptors (Lipinski definition) is 5. The molecule has 1 unspecified atom stereocenters. The normalized spacial score (nSPS) is 17.3. The van der Waals surface area contributed by atoms with Crippen LogP contribution >= 0.6 is 0 Å². The van der Waals surface area contributed by atoms with Crippen LogP contribution in [0.4, 0.5) is 0 Å². The van der Waals surface area contributed by atoms with Gasteiger partial charge in [0.05, 0.1) is 12.2 Å². The van der Waals surface area contributed by atoms with E-state index in [9.17, 15) is 9.59 Å². The van der Waals surface area contributed by atoms with Crippen molar-refractivity contribution < 1.29 is 9.59 Å². The van der Waals surface area contributed by atoms with E-state index in [0.717, 1.165) is 23.2 Å². The second kappa shape index (κ2) is 8.53. The number of hydrogen-bond donors (Lipinski definition) is 1. The first-order valence-electron chi connectivity index (χ1n) is 8.99. The number of aromatic nitrogens is 3. The van der Waals surface area contributed by atoms with Crippen LogP contribution < -0.4 is 5.32 Å². The van der Waals surface area contributed by atoms with Gasteiger partial charge in [-0.05, 0) is 56.0 Å². The zero-order chi connectivity index (χ0) is 19.2. The van der Waals surface area contributed by atoms with Crippen LogP contribution in [0.25, 0.3) is 6.08 Å². The minimum Gasteiger partial charge on any atom is -0.341 e. The van der Waals surface area contributed by atoms with E-state index in [4.69, 9.17) is 0 Å². The molecule has 0 saturated carbocycles. The van der Waals surface area contributed by atoms with Crippen molar-refractivity contribution in [1.82, 2.24) is 25.2 Å². The van der Waals surface area contributed by atoms with Gasteiger partial charge in [-0.3, -0.25) is 14.6 Å². The van der Waals surface area contributed by atoms with Crippen LogP contribution in [0.5, 0.6) is 0 Å². The molecule has 3 heterocycles. The first kappa shape index (κ1) is 18.7. The number of aryl methyl sites for hydroxylation is 2. The van der Waals surface area contributed by atoms with Crippen molar-refractivity contribution in [3.05, 3.63) is 59.4 Å². The summed E-state index contributed by atoms with van der Waals surface area (Å²) in [6.07, 6.45) is 9.76. The smallest absolute Gasteiger partial charge is 0.245 e. The van der Waals surface area contributed by atoms with Crippen LogP contribution in [-0.4, -0.2) is 44.3 Å². The minimum atomic E-state index is -0.505. The summed E-state index contributed by atoms with van der Waals surface area (Å²) in [5, 5.41) is 2.81. The van der Waals surface area contributed by atoms with Crippen LogP contribution in [-0.2, 0) is 16.1 Å². The van der Waals surface area contributed by atoms with Gasteiger partial charge < -0.3 is 10.2 Å². The lowest BCUT2D eigenvalue weighted by Crippen LogP contribution is -2.51. The summed E-state index contributed by atoms with van der Waals surface area (Å²) in [7, 11) is 0. The van der Waals surface area contributed by atoms with Crippen LogP contribution in [0.1, 0.15) is 35.5 Å². The Morgan fingerprint density at radius 3 is 3.00 bits per heavy atom. The maximum atomic E-state index is 12.7. The molecule has 3 rings (SSSR count). The third kappa shape index (κ3) is 5.20. The van der Waals surface area contributed by atoms with E-state index < -0.39 is 6.04 Å². The molecule has 140 valence electrons. The SMILES string of the molecule is Cc1cncc(/C=C/C(=O)NC2CCCN(Cc3ccnc(C)n3)C2=O)c1. The summed E-state index contributed by atoms with van der Waals surface area (Å²) >= 11 is 0. The van der Waals surface area contributed by atoms with Crippen LogP contribution in [0.3, 0.4) is 0 Å². The van der Waals surface area contributed by atoms with Crippen molar-refractivity contribution in [3.8, 4) is 0 Å². The highest BCUT2D eigenvalue weighted by Crippen LogP contribution is 2.14. The Labute approximate surface area is 158 Å². The molecular formula is C20H23N5O2. The van der Waals surface area contributed by atoms with Gasteiger partial charge in [-0.1, -0.05) is 0 Å². The number of amides is 2. The maximum absolute atomic E-state index is 12.7. The number of likely N-dealkylation sites (tertiary alicyclic amines) is 1. The highest BCUT2D eigenvalue weighted by molar-refractivity contribution is 5.95. The quantitative estimate of drug-likeness (QED) is 0.817. The molecule has 1 aliphatic heterocycles. The molecule has 2 amide bonds. The molecule has 0 radical (unpaired) electrons. The number of nitrogens with zero attached hydrogens (tertiary/aromatic N) is 4. The molecule has 0 aromatic carbocycles. The van der Waals surface area contributed by atoms with Crippen molar-refractivity contribution >= 4 is 17.9 Å². The highest BCUT2D eigenvalue weighted by atomic mass is 16.2. The van der Waals surface area contributed by atoms with Crippen molar-refractivity contribution in [2.75, 3.05) is 6.54 Å². The summed E-state index contributed by atoms with van der Waals surface area (Å²) in [4.78, 5) is 39.2. The lowest BCUT2D eigenvalue weighted by atomic mass is 10.0. The second-order valence-corrected chi connectivity index (χ2v) is 6.69. The van der Waals surface area contributed by atoms with Crippen molar-refractivity contribution in [2.24, 2.45) is 0 Å². The van der Waals surface area contributed by atoms with Gasteiger partial charge in [-0.25, -0.2) is 9.97 Å². The molecule has 7 heteroatoms.